The van der Waals surface area contributed by atoms with E-state index in [9.17, 15) is 13.2 Å². The number of nitrogens with one attached hydrogen (secondary N) is 1. The SMILES string of the molecule is Cc1c(OCC(F)(F)F)ccnc1CSc1n[13c]2[13cH][13cH][13cH][13cH][13c]2[nH]1. The van der Waals surface area contributed by atoms with E-state index >= 15 is 0 Å². The molecule has 3 rings (SSSR count). The van der Waals surface area contributed by atoms with Crippen LogP contribution in [0.15, 0.2) is 41.7 Å². The van der Waals surface area contributed by atoms with Crippen molar-refractivity contribution in [3.63, 3.8) is 0 Å². The van der Waals surface area contributed by atoms with Gasteiger partial charge in [-0.05, 0) is 25.1 Å². The normalized spacial score (nSPS) is 11.8. The number of alkyl halides is 3. The number of para-hydroxylation sites is 2. The van der Waals surface area contributed by atoms with Crippen LogP contribution in [0.5, 0.6) is 5.75 Å². The number of H-pyrrole nitrogens is 1. The number of halogens is 3. The van der Waals surface area contributed by atoms with Crippen LogP contribution in [0.1, 0.15) is 11.3 Å². The molecule has 0 aliphatic heterocycles. The van der Waals surface area contributed by atoms with E-state index in [0.29, 0.717) is 17.0 Å². The van der Waals surface area contributed by atoms with Gasteiger partial charge in [0, 0.05) is 17.5 Å². The smallest absolute Gasteiger partial charge is 0.422 e. The second-order valence-electron chi connectivity index (χ2n) is 5.13. The molecule has 0 aliphatic carbocycles. The van der Waals surface area contributed by atoms with E-state index in [2.05, 4.69) is 15.0 Å². The quantitative estimate of drug-likeness (QED) is 0.682. The highest BCUT2D eigenvalue weighted by atomic mass is 32.2. The molecule has 1 aromatic carbocycles. The second-order valence-corrected chi connectivity index (χ2v) is 6.10. The molecule has 0 fully saturated rings. The van der Waals surface area contributed by atoms with Crippen LogP contribution in [0.25, 0.3) is 11.0 Å². The average molecular weight is 359 g/mol. The Hall–Kier alpha value is -2.22. The minimum Gasteiger partial charge on any atom is -0.484 e. The maximum absolute atomic E-state index is 12.3. The number of ether oxygens (including phenoxy) is 1. The molecule has 0 bridgehead atoms. The van der Waals surface area contributed by atoms with E-state index in [-0.39, 0.29) is 5.75 Å². The van der Waals surface area contributed by atoms with E-state index in [0.717, 1.165) is 16.2 Å². The van der Waals surface area contributed by atoms with Crippen molar-refractivity contribution in [2.75, 3.05) is 6.61 Å². The number of benzene rings is 1. The lowest BCUT2D eigenvalue weighted by molar-refractivity contribution is -0.153. The van der Waals surface area contributed by atoms with Crippen LogP contribution in [-0.2, 0) is 5.75 Å². The number of fused-ring (bicyclic) bond motifs is 1. The fraction of sp³-hybridized carbons (Fsp3) is 0.250. The van der Waals surface area contributed by atoms with Crippen molar-refractivity contribution in [2.45, 2.75) is 24.0 Å². The summed E-state index contributed by atoms with van der Waals surface area (Å²) in [5, 5.41) is 0.735. The number of pyridine rings is 1. The van der Waals surface area contributed by atoms with Crippen LogP contribution in [0.4, 0.5) is 13.2 Å². The molecular formula is C16H14F3N3OS. The van der Waals surface area contributed by atoms with E-state index in [1.807, 2.05) is 24.3 Å². The summed E-state index contributed by atoms with van der Waals surface area (Å²) in [4.78, 5) is 11.9. The summed E-state index contributed by atoms with van der Waals surface area (Å²) in [6.45, 7) is 0.390. The van der Waals surface area contributed by atoms with Crippen molar-refractivity contribution in [3.8, 4) is 5.75 Å². The Bertz CT molecular complexity index is 815. The number of nitrogens with zero attached hydrogens (tertiary/aromatic N) is 2. The lowest BCUT2D eigenvalue weighted by Crippen LogP contribution is -2.19. The molecule has 0 amide bonds. The maximum atomic E-state index is 12.3. The third kappa shape index (κ3) is 4.00. The lowest BCUT2D eigenvalue weighted by atomic mass is 10.2. The Labute approximate surface area is 140 Å². The first-order valence-electron chi connectivity index (χ1n) is 7.14. The summed E-state index contributed by atoms with van der Waals surface area (Å²) in [7, 11) is 0. The number of thioether (sulfide) groups is 1. The zero-order valence-corrected chi connectivity index (χ0v) is 13.5. The topological polar surface area (TPSA) is 50.8 Å². The molecule has 0 aliphatic rings. The van der Waals surface area contributed by atoms with Crippen molar-refractivity contribution in [1.82, 2.24) is 15.0 Å². The number of hydrogen-bond donors (Lipinski definition) is 1. The molecule has 0 saturated heterocycles. The largest absolute Gasteiger partial charge is 0.484 e. The number of aromatic amines is 1. The molecule has 0 radical (unpaired) electrons. The molecule has 2 heterocycles. The van der Waals surface area contributed by atoms with Crippen LogP contribution >= 0.6 is 11.8 Å². The van der Waals surface area contributed by atoms with Crippen LogP contribution in [0, 0.1) is 6.92 Å². The Morgan fingerprint density at radius 3 is 2.75 bits per heavy atom. The molecule has 4 nitrogen and oxygen atoms in total. The summed E-state index contributed by atoms with van der Waals surface area (Å²) < 4.78 is 41.7. The van der Waals surface area contributed by atoms with Crippen molar-refractivity contribution in [1.29, 1.82) is 0 Å². The molecule has 0 atom stereocenters. The molecule has 126 valence electrons. The highest BCUT2D eigenvalue weighted by Crippen LogP contribution is 2.28. The highest BCUT2D eigenvalue weighted by Gasteiger charge is 2.28. The summed E-state index contributed by atoms with van der Waals surface area (Å²) >= 11 is 1.44. The third-order valence-electron chi connectivity index (χ3n) is 3.36. The molecule has 1 N–H and O–H groups in total. The molecule has 2 aromatic heterocycles. The third-order valence-corrected chi connectivity index (χ3v) is 4.25. The first kappa shape index (κ1) is 16.6. The van der Waals surface area contributed by atoms with Crippen LogP contribution in [0.3, 0.4) is 0 Å². The standard InChI is InChI=1S/C16H14F3N3OS/c1-10-13(20-7-6-14(10)23-9-16(17,18)19)8-24-15-21-11-4-2-3-5-12(11)22-15/h2-7H,8-9H2,1H3,(H,21,22)/i2+1,3+1,4+1,5+1,11+1,12+1. The second kappa shape index (κ2) is 6.72. The van der Waals surface area contributed by atoms with Gasteiger partial charge >= 0.3 is 6.18 Å². The first-order valence-corrected chi connectivity index (χ1v) is 8.12. The predicted molar refractivity (Wildman–Crippen MR) is 86.2 cm³/mol. The van der Waals surface area contributed by atoms with Gasteiger partial charge in [0.05, 0.1) is 16.7 Å². The molecule has 0 spiro atoms. The minimum absolute atomic E-state index is 0.197. The zero-order valence-electron chi connectivity index (χ0n) is 12.7. The molecule has 0 saturated carbocycles. The zero-order chi connectivity index (χ0) is 17.2. The molecular weight excluding hydrogens is 345 g/mol. The Balaban J connectivity index is 1.70. The van der Waals surface area contributed by atoms with Gasteiger partial charge in [0.25, 0.3) is 0 Å². The number of aromatic nitrogens is 3. The highest BCUT2D eigenvalue weighted by molar-refractivity contribution is 7.98. The van der Waals surface area contributed by atoms with Gasteiger partial charge in [-0.25, -0.2) is 4.98 Å². The predicted octanol–water partition coefficient (Wildman–Crippen LogP) is 4.50. The monoisotopic (exact) mass is 359 g/mol. The van der Waals surface area contributed by atoms with Gasteiger partial charge in [0.2, 0.25) is 0 Å². The number of imidazole rings is 1. The van der Waals surface area contributed by atoms with Crippen LogP contribution < -0.4 is 4.74 Å². The Morgan fingerprint density at radius 2 is 2.00 bits per heavy atom. The fourth-order valence-electron chi connectivity index (χ4n) is 2.15. The van der Waals surface area contributed by atoms with Crippen LogP contribution in [-0.4, -0.2) is 27.7 Å². The summed E-state index contributed by atoms with van der Waals surface area (Å²) in [5.41, 5.74) is 3.07. The van der Waals surface area contributed by atoms with E-state index in [1.54, 1.807) is 6.92 Å². The van der Waals surface area contributed by atoms with Gasteiger partial charge in [0.1, 0.15) is 5.75 Å². The van der Waals surface area contributed by atoms with Crippen molar-refractivity contribution < 1.29 is 17.9 Å². The fourth-order valence-corrected chi connectivity index (χ4v) is 3.06. The Morgan fingerprint density at radius 1 is 1.21 bits per heavy atom. The van der Waals surface area contributed by atoms with Crippen LogP contribution in [0.2, 0.25) is 0 Å². The van der Waals surface area contributed by atoms with Crippen molar-refractivity contribution in [2.24, 2.45) is 0 Å². The van der Waals surface area contributed by atoms with E-state index < -0.39 is 12.8 Å². The van der Waals surface area contributed by atoms with Gasteiger partial charge in [-0.1, -0.05) is 23.9 Å². The number of hydrogen-bond acceptors (Lipinski definition) is 4. The Kier molecular flexibility index (Phi) is 4.66. The van der Waals surface area contributed by atoms with Crippen molar-refractivity contribution in [3.05, 3.63) is 47.8 Å². The van der Waals surface area contributed by atoms with Gasteiger partial charge in [-0.15, -0.1) is 0 Å². The van der Waals surface area contributed by atoms with E-state index in [1.165, 1.54) is 24.0 Å². The maximum Gasteiger partial charge on any atom is 0.422 e. The molecule has 3 aromatic rings. The first-order chi connectivity index (χ1) is 11.4. The van der Waals surface area contributed by atoms with Gasteiger partial charge in [0.15, 0.2) is 11.8 Å². The van der Waals surface area contributed by atoms with Crippen molar-refractivity contribution >= 4 is 22.8 Å². The summed E-state index contributed by atoms with van der Waals surface area (Å²) in [6, 6.07) is 9.11. The number of rotatable bonds is 5. The average Bonchev–Trinajstić information content (AvgIpc) is 2.95. The minimum atomic E-state index is -4.36. The summed E-state index contributed by atoms with van der Waals surface area (Å²) in [6.07, 6.45) is -2.91. The molecule has 8 heteroatoms. The summed E-state index contributed by atoms with van der Waals surface area (Å²) in [5.74, 6) is 0.678. The van der Waals surface area contributed by atoms with Gasteiger partial charge in [-0.2, -0.15) is 13.2 Å². The van der Waals surface area contributed by atoms with Gasteiger partial charge < -0.3 is 9.72 Å². The molecule has 24 heavy (non-hydrogen) atoms. The lowest BCUT2D eigenvalue weighted by Gasteiger charge is -2.13. The van der Waals surface area contributed by atoms with E-state index in [4.69, 9.17) is 4.74 Å². The molecule has 0 unspecified atom stereocenters. The van der Waals surface area contributed by atoms with Gasteiger partial charge in [-0.3, -0.25) is 4.98 Å².